The lowest BCUT2D eigenvalue weighted by atomic mass is 9.67. The van der Waals surface area contributed by atoms with Crippen molar-refractivity contribution < 1.29 is 0 Å². The Labute approximate surface area is 113 Å². The third kappa shape index (κ3) is 3.00. The van der Waals surface area contributed by atoms with Gasteiger partial charge in [0.15, 0.2) is 0 Å². The minimum absolute atomic E-state index is 1.04. The summed E-state index contributed by atoms with van der Waals surface area (Å²) in [6.45, 7) is 0. The molecule has 0 spiro atoms. The highest BCUT2D eigenvalue weighted by Crippen LogP contribution is 2.43. The molecule has 0 aliphatic heterocycles. The molecule has 3 aliphatic carbocycles. The summed E-state index contributed by atoms with van der Waals surface area (Å²) in [5.41, 5.74) is 0. The van der Waals surface area contributed by atoms with Crippen LogP contribution in [-0.2, 0) is 0 Å². The first-order valence-corrected chi connectivity index (χ1v) is 8.58. The van der Waals surface area contributed by atoms with Gasteiger partial charge in [0.2, 0.25) is 0 Å². The van der Waals surface area contributed by atoms with Gasteiger partial charge in [0.25, 0.3) is 0 Å². The summed E-state index contributed by atoms with van der Waals surface area (Å²) < 4.78 is 0. The van der Waals surface area contributed by atoms with Crippen molar-refractivity contribution in [2.24, 2.45) is 23.7 Å². The third-order valence-corrected chi connectivity index (χ3v) is 6.11. The predicted molar refractivity (Wildman–Crippen MR) is 78.5 cm³/mol. The number of rotatable bonds is 2. The lowest BCUT2D eigenvalue weighted by Crippen LogP contribution is -2.27. The molecule has 0 radical (unpaired) electrons. The van der Waals surface area contributed by atoms with Crippen molar-refractivity contribution in [1.29, 1.82) is 0 Å². The Kier molecular flexibility index (Phi) is 4.44. The second-order valence-electron chi connectivity index (χ2n) is 7.12. The maximum Gasteiger partial charge on any atom is -0.0319 e. The quantitative estimate of drug-likeness (QED) is 0.546. The minimum atomic E-state index is 1.04. The fraction of sp³-hybridized carbons (Fsp3) is 0.889. The molecule has 102 valence electrons. The minimum Gasteiger partial charge on any atom is -0.0885 e. The first kappa shape index (κ1) is 12.8. The summed E-state index contributed by atoms with van der Waals surface area (Å²) >= 11 is 0. The first-order valence-electron chi connectivity index (χ1n) is 8.58. The lowest BCUT2D eigenvalue weighted by molar-refractivity contribution is 0.135. The van der Waals surface area contributed by atoms with E-state index in [9.17, 15) is 0 Å². The van der Waals surface area contributed by atoms with E-state index < -0.39 is 0 Å². The number of hydrogen-bond acceptors (Lipinski definition) is 0. The van der Waals surface area contributed by atoms with Crippen molar-refractivity contribution in [3.05, 3.63) is 12.2 Å². The van der Waals surface area contributed by atoms with E-state index in [1.165, 1.54) is 38.5 Å². The van der Waals surface area contributed by atoms with Crippen LogP contribution in [0.25, 0.3) is 0 Å². The van der Waals surface area contributed by atoms with Crippen LogP contribution in [-0.4, -0.2) is 0 Å². The van der Waals surface area contributed by atoms with Crippen LogP contribution in [0.2, 0.25) is 0 Å². The first-order chi connectivity index (χ1) is 8.93. The van der Waals surface area contributed by atoms with Gasteiger partial charge in [-0.05, 0) is 68.6 Å². The average Bonchev–Trinajstić information content (AvgIpc) is 2.49. The third-order valence-electron chi connectivity index (χ3n) is 6.11. The van der Waals surface area contributed by atoms with E-state index in [2.05, 4.69) is 12.2 Å². The van der Waals surface area contributed by atoms with Crippen LogP contribution in [0.3, 0.4) is 0 Å². The molecular formula is C18H30. The topological polar surface area (TPSA) is 0 Å². The van der Waals surface area contributed by atoms with Gasteiger partial charge in [-0.25, -0.2) is 0 Å². The molecule has 0 amide bonds. The van der Waals surface area contributed by atoms with Gasteiger partial charge in [0, 0.05) is 0 Å². The summed E-state index contributed by atoms with van der Waals surface area (Å²) in [6, 6.07) is 0. The molecule has 3 rings (SSSR count). The molecule has 2 fully saturated rings. The van der Waals surface area contributed by atoms with E-state index in [-0.39, 0.29) is 0 Å². The second kappa shape index (κ2) is 6.26. The van der Waals surface area contributed by atoms with Gasteiger partial charge >= 0.3 is 0 Å². The van der Waals surface area contributed by atoms with Gasteiger partial charge in [-0.2, -0.15) is 0 Å². The van der Waals surface area contributed by atoms with E-state index in [1.54, 1.807) is 38.5 Å². The molecule has 0 N–H and O–H groups in total. The van der Waals surface area contributed by atoms with Crippen molar-refractivity contribution in [2.45, 2.75) is 77.0 Å². The molecule has 18 heavy (non-hydrogen) atoms. The Morgan fingerprint density at radius 1 is 0.500 bits per heavy atom. The zero-order valence-electron chi connectivity index (χ0n) is 11.9. The van der Waals surface area contributed by atoms with Crippen LogP contribution in [0.15, 0.2) is 12.2 Å². The van der Waals surface area contributed by atoms with Gasteiger partial charge in [-0.15, -0.1) is 0 Å². The lowest BCUT2D eigenvalue weighted by Gasteiger charge is -2.38. The van der Waals surface area contributed by atoms with Gasteiger partial charge in [0.05, 0.1) is 0 Å². The maximum atomic E-state index is 2.45. The summed E-state index contributed by atoms with van der Waals surface area (Å²) in [4.78, 5) is 0. The average molecular weight is 246 g/mol. The molecule has 1 atom stereocenters. The zero-order valence-corrected chi connectivity index (χ0v) is 11.9. The smallest absolute Gasteiger partial charge is 0.0319 e. The fourth-order valence-electron chi connectivity index (χ4n) is 4.94. The maximum absolute atomic E-state index is 2.45. The van der Waals surface area contributed by atoms with Crippen molar-refractivity contribution in [2.75, 3.05) is 0 Å². The van der Waals surface area contributed by atoms with E-state index in [1.807, 2.05) is 0 Å². The largest absolute Gasteiger partial charge is 0.0885 e. The van der Waals surface area contributed by atoms with Crippen molar-refractivity contribution in [3.63, 3.8) is 0 Å². The standard InChI is InChI=1S/C18H30/c1-3-7-15(8-4-1)17-11-13-18(14-12-17)16-9-5-2-6-10-16/h1,3,15-18H,2,4-14H2. The Balaban J connectivity index is 1.46. The van der Waals surface area contributed by atoms with Crippen molar-refractivity contribution >= 4 is 0 Å². The molecule has 0 heteroatoms. The molecule has 0 saturated heterocycles. The summed E-state index contributed by atoms with van der Waals surface area (Å²) in [5, 5.41) is 0. The Hall–Kier alpha value is -0.260. The Morgan fingerprint density at radius 3 is 1.72 bits per heavy atom. The molecular weight excluding hydrogens is 216 g/mol. The second-order valence-corrected chi connectivity index (χ2v) is 7.12. The number of allylic oxidation sites excluding steroid dienone is 2. The van der Waals surface area contributed by atoms with Gasteiger partial charge in [-0.3, -0.25) is 0 Å². The van der Waals surface area contributed by atoms with E-state index in [0.717, 1.165) is 23.7 Å². The monoisotopic (exact) mass is 246 g/mol. The summed E-state index contributed by atoms with van der Waals surface area (Å²) in [6.07, 6.45) is 23.0. The highest BCUT2D eigenvalue weighted by molar-refractivity contribution is 4.93. The fourth-order valence-corrected chi connectivity index (χ4v) is 4.94. The van der Waals surface area contributed by atoms with Gasteiger partial charge in [0.1, 0.15) is 0 Å². The van der Waals surface area contributed by atoms with E-state index in [4.69, 9.17) is 0 Å². The highest BCUT2D eigenvalue weighted by Gasteiger charge is 2.31. The molecule has 0 aromatic rings. The molecule has 0 nitrogen and oxygen atoms in total. The predicted octanol–water partition coefficient (Wildman–Crippen LogP) is 5.73. The van der Waals surface area contributed by atoms with Crippen molar-refractivity contribution in [1.82, 2.24) is 0 Å². The molecule has 0 heterocycles. The Morgan fingerprint density at radius 2 is 1.11 bits per heavy atom. The SMILES string of the molecule is C1=CCC(C2CCC(C3CCCCC3)CC2)CC1. The van der Waals surface area contributed by atoms with Crippen LogP contribution in [0.5, 0.6) is 0 Å². The molecule has 2 saturated carbocycles. The summed E-state index contributed by atoms with van der Waals surface area (Å²) in [5.74, 6) is 4.35. The Bertz CT molecular complexity index is 264. The molecule has 3 aliphatic rings. The van der Waals surface area contributed by atoms with Gasteiger partial charge in [-0.1, -0.05) is 44.3 Å². The van der Waals surface area contributed by atoms with Crippen LogP contribution in [0, 0.1) is 23.7 Å². The van der Waals surface area contributed by atoms with Crippen LogP contribution < -0.4 is 0 Å². The normalized spacial score (nSPS) is 38.8. The molecule has 0 bridgehead atoms. The highest BCUT2D eigenvalue weighted by atomic mass is 14.4. The van der Waals surface area contributed by atoms with Crippen LogP contribution >= 0.6 is 0 Å². The summed E-state index contributed by atoms with van der Waals surface area (Å²) in [7, 11) is 0. The molecule has 0 aromatic heterocycles. The van der Waals surface area contributed by atoms with E-state index in [0.29, 0.717) is 0 Å². The van der Waals surface area contributed by atoms with Gasteiger partial charge < -0.3 is 0 Å². The van der Waals surface area contributed by atoms with Crippen LogP contribution in [0.1, 0.15) is 77.0 Å². The molecule has 1 unspecified atom stereocenters. The molecule has 0 aromatic carbocycles. The number of hydrogen-bond donors (Lipinski definition) is 0. The zero-order chi connectivity index (χ0) is 12.2. The van der Waals surface area contributed by atoms with E-state index >= 15 is 0 Å². The van der Waals surface area contributed by atoms with Crippen LogP contribution in [0.4, 0.5) is 0 Å². The van der Waals surface area contributed by atoms with Crippen molar-refractivity contribution in [3.8, 4) is 0 Å².